The molecule has 0 amide bonds. The fourth-order valence-electron chi connectivity index (χ4n) is 1.63. The summed E-state index contributed by atoms with van der Waals surface area (Å²) >= 11 is 0. The highest BCUT2D eigenvalue weighted by atomic mass is 32.2. The lowest BCUT2D eigenvalue weighted by Gasteiger charge is -2.18. The fourth-order valence-corrected chi connectivity index (χ4v) is 3.45. The van der Waals surface area contributed by atoms with E-state index in [0.717, 1.165) is 5.56 Å². The van der Waals surface area contributed by atoms with Gasteiger partial charge in [0, 0.05) is 19.0 Å². The molecule has 5 heteroatoms. The summed E-state index contributed by atoms with van der Waals surface area (Å²) in [7, 11) is -5.27. The van der Waals surface area contributed by atoms with Crippen LogP contribution in [0.2, 0.25) is 19.6 Å². The first-order valence-corrected chi connectivity index (χ1v) is 12.2. The van der Waals surface area contributed by atoms with Gasteiger partial charge < -0.3 is 0 Å². The van der Waals surface area contributed by atoms with Crippen molar-refractivity contribution in [2.24, 2.45) is 0 Å². The number of unbranched alkanes of at least 4 members (excludes halogenated alkanes) is 1. The molecule has 0 saturated carbocycles. The van der Waals surface area contributed by atoms with E-state index in [-0.39, 0.29) is 4.90 Å². The molecule has 0 aliphatic heterocycles. The molecular weight excluding hydrogens is 310 g/mol. The molecule has 1 aromatic rings. The summed E-state index contributed by atoms with van der Waals surface area (Å²) in [5, 5.41) is 0. The summed E-state index contributed by atoms with van der Waals surface area (Å²) < 4.78 is 26.7. The largest absolute Gasteiger partial charge is 0.270 e. The average Bonchev–Trinajstić information content (AvgIpc) is 2.41. The molecular formula is C17H23NO2SSi. The van der Waals surface area contributed by atoms with Crippen LogP contribution in [0.25, 0.3) is 0 Å². The fraction of sp³-hybridized carbons (Fsp3) is 0.412. The van der Waals surface area contributed by atoms with Gasteiger partial charge in [-0.05, 0) is 25.5 Å². The molecule has 0 fully saturated rings. The van der Waals surface area contributed by atoms with Crippen LogP contribution >= 0.6 is 0 Å². The first-order valence-electron chi connectivity index (χ1n) is 7.22. The Balaban J connectivity index is 3.14. The van der Waals surface area contributed by atoms with Gasteiger partial charge in [0.25, 0.3) is 10.0 Å². The van der Waals surface area contributed by atoms with Gasteiger partial charge in [-0.15, -0.1) is 17.9 Å². The second kappa shape index (κ2) is 7.53. The van der Waals surface area contributed by atoms with Crippen LogP contribution in [0.4, 0.5) is 0 Å². The van der Waals surface area contributed by atoms with Gasteiger partial charge in [-0.3, -0.25) is 0 Å². The second-order valence-electron chi connectivity index (χ2n) is 6.18. The molecule has 0 aliphatic rings. The molecule has 0 atom stereocenters. The Labute approximate surface area is 135 Å². The predicted molar refractivity (Wildman–Crippen MR) is 94.3 cm³/mol. The second-order valence-corrected chi connectivity index (χ2v) is 12.8. The molecule has 1 aromatic carbocycles. The van der Waals surface area contributed by atoms with Crippen LogP contribution < -0.4 is 0 Å². The third-order valence-corrected chi connectivity index (χ3v) is 5.43. The average molecular weight is 334 g/mol. The van der Waals surface area contributed by atoms with Crippen LogP contribution in [0, 0.1) is 30.9 Å². The van der Waals surface area contributed by atoms with E-state index in [9.17, 15) is 8.42 Å². The number of hydrogen-bond acceptors (Lipinski definition) is 2. The lowest BCUT2D eigenvalue weighted by molar-refractivity contribution is 0.504. The number of aryl methyl sites for hydroxylation is 1. The standard InChI is InChI=1S/C17H23NO2SSi/c1-6-7-8-13-18(14-15-22(3,4)5)21(19,20)17-11-9-16(2)10-12-17/h1,9-12H,7-8,13H2,2-5H3. The molecule has 118 valence electrons. The van der Waals surface area contributed by atoms with E-state index in [1.807, 2.05) is 6.92 Å². The molecule has 0 saturated heterocycles. The van der Waals surface area contributed by atoms with Crippen molar-refractivity contribution in [3.8, 4) is 23.9 Å². The number of hydrogen-bond donors (Lipinski definition) is 0. The van der Waals surface area contributed by atoms with Gasteiger partial charge in [0.2, 0.25) is 0 Å². The first-order chi connectivity index (χ1) is 10.2. The van der Waals surface area contributed by atoms with E-state index in [2.05, 4.69) is 37.1 Å². The maximum Gasteiger partial charge on any atom is 0.270 e. The van der Waals surface area contributed by atoms with Crippen LogP contribution in [-0.4, -0.2) is 27.3 Å². The van der Waals surface area contributed by atoms with E-state index in [0.29, 0.717) is 19.4 Å². The summed E-state index contributed by atoms with van der Waals surface area (Å²) in [6, 6.07) is 9.68. The van der Waals surface area contributed by atoms with Crippen LogP contribution in [0.1, 0.15) is 18.4 Å². The van der Waals surface area contributed by atoms with Crippen LogP contribution in [-0.2, 0) is 10.0 Å². The van der Waals surface area contributed by atoms with Crippen molar-refractivity contribution in [1.29, 1.82) is 0 Å². The zero-order chi connectivity index (χ0) is 16.8. The number of benzene rings is 1. The van der Waals surface area contributed by atoms with Crippen molar-refractivity contribution in [3.63, 3.8) is 0 Å². The van der Waals surface area contributed by atoms with Crippen molar-refractivity contribution in [3.05, 3.63) is 29.8 Å². The van der Waals surface area contributed by atoms with Gasteiger partial charge in [-0.2, -0.15) is 0 Å². The Morgan fingerprint density at radius 1 is 1.18 bits per heavy atom. The summed E-state index contributed by atoms with van der Waals surface area (Å²) in [4.78, 5) is 0.267. The number of nitrogens with zero attached hydrogens (tertiary/aromatic N) is 1. The van der Waals surface area contributed by atoms with Gasteiger partial charge in [0.15, 0.2) is 0 Å². The Bertz CT molecular complexity index is 698. The Hall–Kier alpha value is -1.69. The van der Waals surface area contributed by atoms with E-state index in [1.165, 1.54) is 4.31 Å². The quantitative estimate of drug-likeness (QED) is 0.359. The van der Waals surface area contributed by atoms with Gasteiger partial charge >= 0.3 is 0 Å². The monoisotopic (exact) mass is 333 g/mol. The van der Waals surface area contributed by atoms with Crippen LogP contribution in [0.3, 0.4) is 0 Å². The topological polar surface area (TPSA) is 37.4 Å². The maximum absolute atomic E-state index is 12.7. The molecule has 0 aromatic heterocycles. The highest BCUT2D eigenvalue weighted by molar-refractivity contribution is 7.89. The molecule has 0 spiro atoms. The first kappa shape index (κ1) is 18.4. The van der Waals surface area contributed by atoms with Crippen molar-refractivity contribution < 1.29 is 8.42 Å². The molecule has 0 N–H and O–H groups in total. The number of terminal acetylenes is 1. The zero-order valence-electron chi connectivity index (χ0n) is 13.7. The summed E-state index contributed by atoms with van der Waals surface area (Å²) in [5.41, 5.74) is 4.14. The van der Waals surface area contributed by atoms with Gasteiger partial charge in [0.1, 0.15) is 8.07 Å². The lowest BCUT2D eigenvalue weighted by atomic mass is 10.2. The molecule has 0 unspecified atom stereocenters. The third kappa shape index (κ3) is 5.59. The van der Waals surface area contributed by atoms with E-state index >= 15 is 0 Å². The highest BCUT2D eigenvalue weighted by Gasteiger charge is 2.22. The van der Waals surface area contributed by atoms with Crippen LogP contribution in [0.5, 0.6) is 0 Å². The smallest absolute Gasteiger partial charge is 0.225 e. The lowest BCUT2D eigenvalue weighted by Crippen LogP contribution is -2.29. The van der Waals surface area contributed by atoms with Crippen LogP contribution in [0.15, 0.2) is 29.2 Å². The zero-order valence-corrected chi connectivity index (χ0v) is 15.5. The van der Waals surface area contributed by atoms with Gasteiger partial charge in [-0.25, -0.2) is 12.7 Å². The summed E-state index contributed by atoms with van der Waals surface area (Å²) in [6.45, 7) is 8.48. The highest BCUT2D eigenvalue weighted by Crippen LogP contribution is 2.16. The van der Waals surface area contributed by atoms with Crippen molar-refractivity contribution >= 4 is 18.1 Å². The normalized spacial score (nSPS) is 11.2. The van der Waals surface area contributed by atoms with Crippen molar-refractivity contribution in [2.75, 3.05) is 6.54 Å². The predicted octanol–water partition coefficient (Wildman–Crippen LogP) is 3.24. The van der Waals surface area contributed by atoms with Gasteiger partial charge in [-0.1, -0.05) is 37.3 Å². The Kier molecular flexibility index (Phi) is 6.29. The minimum Gasteiger partial charge on any atom is -0.225 e. The minimum atomic E-state index is -3.61. The Morgan fingerprint density at radius 2 is 1.77 bits per heavy atom. The summed E-state index contributed by atoms with van der Waals surface area (Å²) in [6.07, 6.45) is 6.38. The Morgan fingerprint density at radius 3 is 2.27 bits per heavy atom. The molecule has 22 heavy (non-hydrogen) atoms. The maximum atomic E-state index is 12.7. The SMILES string of the molecule is C#CCCCN(C#C[Si](C)(C)C)S(=O)(=O)c1ccc(C)cc1. The van der Waals surface area contributed by atoms with E-state index in [4.69, 9.17) is 6.42 Å². The molecule has 0 radical (unpaired) electrons. The number of rotatable bonds is 5. The molecule has 0 bridgehead atoms. The van der Waals surface area contributed by atoms with Gasteiger partial charge in [0.05, 0.1) is 4.90 Å². The van der Waals surface area contributed by atoms with E-state index < -0.39 is 18.1 Å². The molecule has 0 heterocycles. The molecule has 0 aliphatic carbocycles. The van der Waals surface area contributed by atoms with Crippen molar-refractivity contribution in [1.82, 2.24) is 4.31 Å². The third-order valence-electron chi connectivity index (χ3n) is 2.85. The van der Waals surface area contributed by atoms with Crippen molar-refractivity contribution in [2.45, 2.75) is 44.3 Å². The number of sulfonamides is 1. The van der Waals surface area contributed by atoms with E-state index in [1.54, 1.807) is 24.3 Å². The minimum absolute atomic E-state index is 0.267. The molecule has 3 nitrogen and oxygen atoms in total. The summed E-state index contributed by atoms with van der Waals surface area (Å²) in [5.74, 6) is 2.53. The molecule has 1 rings (SSSR count).